The van der Waals surface area contributed by atoms with Crippen molar-refractivity contribution in [3.63, 3.8) is 0 Å². The number of halogens is 6. The Morgan fingerprint density at radius 1 is 1.31 bits per heavy atom. The van der Waals surface area contributed by atoms with Crippen LogP contribution in [-0.2, 0) is 10.3 Å². The average Bonchev–Trinajstić information content (AvgIpc) is 2.98. The number of nitrogens with zero attached hydrogens (tertiary/aromatic N) is 3. The molecule has 0 radical (unpaired) electrons. The number of hydrogen-bond acceptors (Lipinski definition) is 6. The van der Waals surface area contributed by atoms with Gasteiger partial charge in [-0.15, -0.1) is 0 Å². The number of aliphatic hydroxyl groups is 1. The smallest absolute Gasteiger partial charge is 0.393 e. The van der Waals surface area contributed by atoms with Crippen LogP contribution in [0.5, 0.6) is 0 Å². The number of nitrogens with two attached hydrogens (primary N) is 1. The predicted octanol–water partition coefficient (Wildman–Crippen LogP) is 4.02. The minimum absolute atomic E-state index is 0.0643. The minimum Gasteiger partial charge on any atom is -0.393 e. The summed E-state index contributed by atoms with van der Waals surface area (Å²) in [5.74, 6) is -1.78. The molecule has 32 heavy (non-hydrogen) atoms. The summed E-state index contributed by atoms with van der Waals surface area (Å²) in [7, 11) is 0. The molecule has 1 aromatic heterocycles. The van der Waals surface area contributed by atoms with Gasteiger partial charge in [0.05, 0.1) is 24.8 Å². The maximum absolute atomic E-state index is 14.8. The van der Waals surface area contributed by atoms with Crippen LogP contribution < -0.4 is 5.73 Å². The molecule has 0 unspecified atom stereocenters. The highest BCUT2D eigenvalue weighted by molar-refractivity contribution is 6.29. The first-order valence-electron chi connectivity index (χ1n) is 9.20. The van der Waals surface area contributed by atoms with Gasteiger partial charge in [-0.25, -0.2) is 18.7 Å². The van der Waals surface area contributed by atoms with Crippen molar-refractivity contribution in [2.45, 2.75) is 30.7 Å². The highest BCUT2D eigenvalue weighted by Gasteiger charge is 2.57. The van der Waals surface area contributed by atoms with Crippen LogP contribution in [0.4, 0.5) is 22.0 Å². The van der Waals surface area contributed by atoms with E-state index in [4.69, 9.17) is 22.1 Å². The van der Waals surface area contributed by atoms with Crippen LogP contribution in [0, 0.1) is 5.82 Å². The van der Waals surface area contributed by atoms with Crippen molar-refractivity contribution in [1.29, 1.82) is 0 Å². The Kier molecular flexibility index (Phi) is 6.55. The van der Waals surface area contributed by atoms with E-state index in [9.17, 15) is 27.1 Å². The summed E-state index contributed by atoms with van der Waals surface area (Å²) in [5, 5.41) is 10.0. The van der Waals surface area contributed by atoms with E-state index < -0.39 is 42.2 Å². The monoisotopic (exact) mass is 476 g/mol. The maximum atomic E-state index is 14.8. The molecule has 0 amide bonds. The summed E-state index contributed by atoms with van der Waals surface area (Å²) in [6, 6.07) is 3.45. The number of rotatable bonds is 6. The average molecular weight is 477 g/mol. The Balaban J connectivity index is 2.05. The van der Waals surface area contributed by atoms with E-state index in [-0.39, 0.29) is 34.2 Å². The Bertz CT molecular complexity index is 1060. The number of aromatic nitrogens is 2. The van der Waals surface area contributed by atoms with Crippen molar-refractivity contribution in [2.24, 2.45) is 10.7 Å². The molecule has 2 atom stereocenters. The van der Waals surface area contributed by atoms with Gasteiger partial charge in [-0.3, -0.25) is 4.99 Å². The molecule has 1 aromatic carbocycles. The van der Waals surface area contributed by atoms with Crippen LogP contribution >= 0.6 is 11.6 Å². The van der Waals surface area contributed by atoms with Crippen molar-refractivity contribution in [2.75, 3.05) is 13.2 Å². The van der Waals surface area contributed by atoms with Crippen molar-refractivity contribution in [1.82, 2.24) is 9.97 Å². The molecule has 2 heterocycles. The second kappa shape index (κ2) is 8.72. The number of amidine groups is 1. The highest BCUT2D eigenvalue weighted by Crippen LogP contribution is 2.47. The van der Waals surface area contributed by atoms with E-state index in [2.05, 4.69) is 15.0 Å². The molecule has 172 valence electrons. The van der Waals surface area contributed by atoms with Gasteiger partial charge in [0.25, 0.3) is 0 Å². The number of benzene rings is 1. The lowest BCUT2D eigenvalue weighted by atomic mass is 9.76. The number of aliphatic imine (C=N–C) groups is 1. The number of ether oxygens (including phenoxy) is 1. The molecule has 3 N–H and O–H groups in total. The largest absolute Gasteiger partial charge is 0.411 e. The summed E-state index contributed by atoms with van der Waals surface area (Å²) in [5.41, 5.74) is 1.76. The van der Waals surface area contributed by atoms with E-state index in [1.807, 2.05) is 0 Å². The fraction of sp³-hybridized carbons (Fsp3) is 0.350. The fourth-order valence-electron chi connectivity index (χ4n) is 3.53. The van der Waals surface area contributed by atoms with Gasteiger partial charge < -0.3 is 15.6 Å². The first kappa shape index (κ1) is 24.0. The molecule has 0 spiro atoms. The van der Waals surface area contributed by atoms with E-state index in [1.165, 1.54) is 19.1 Å². The van der Waals surface area contributed by atoms with Crippen molar-refractivity contribution < 1.29 is 31.8 Å². The lowest BCUT2D eigenvalue weighted by molar-refractivity contribution is -0.222. The molecular weight excluding hydrogens is 459 g/mol. The third-order valence-electron chi connectivity index (χ3n) is 5.16. The Labute approximate surface area is 184 Å². The van der Waals surface area contributed by atoms with Crippen LogP contribution in [0.25, 0.3) is 11.9 Å². The minimum atomic E-state index is -4.70. The summed E-state index contributed by atoms with van der Waals surface area (Å²) >= 11 is 5.63. The van der Waals surface area contributed by atoms with Crippen LogP contribution in [0.15, 0.2) is 35.6 Å². The zero-order chi connectivity index (χ0) is 23.7. The Hall–Kier alpha value is -2.63. The van der Waals surface area contributed by atoms with Crippen LogP contribution in [0.3, 0.4) is 0 Å². The predicted molar refractivity (Wildman–Crippen MR) is 108 cm³/mol. The topological polar surface area (TPSA) is 93.6 Å². The van der Waals surface area contributed by atoms with Gasteiger partial charge in [-0.1, -0.05) is 17.7 Å². The van der Waals surface area contributed by atoms with Gasteiger partial charge in [-0.05, 0) is 30.7 Å². The number of alkyl halides is 3. The number of aliphatic hydroxyl groups excluding tert-OH is 1. The Morgan fingerprint density at radius 2 is 2.03 bits per heavy atom. The van der Waals surface area contributed by atoms with E-state index in [1.54, 1.807) is 0 Å². The molecule has 0 saturated carbocycles. The third-order valence-corrected chi connectivity index (χ3v) is 5.36. The molecule has 1 aliphatic rings. The van der Waals surface area contributed by atoms with Gasteiger partial charge in [0.1, 0.15) is 34.4 Å². The van der Waals surface area contributed by atoms with Crippen LogP contribution in [-0.4, -0.2) is 45.9 Å². The number of hydrogen-bond donors (Lipinski definition) is 2. The molecule has 3 rings (SSSR count). The second-order valence-corrected chi connectivity index (χ2v) is 7.75. The highest BCUT2D eigenvalue weighted by atomic mass is 35.5. The lowest BCUT2D eigenvalue weighted by Gasteiger charge is -2.41. The zero-order valence-electron chi connectivity index (χ0n) is 16.6. The van der Waals surface area contributed by atoms with E-state index in [0.29, 0.717) is 0 Å². The lowest BCUT2D eigenvalue weighted by Crippen LogP contribution is -2.53. The van der Waals surface area contributed by atoms with E-state index in [0.717, 1.165) is 24.5 Å². The third kappa shape index (κ3) is 4.74. The summed E-state index contributed by atoms with van der Waals surface area (Å²) in [6.45, 7) is -1.32. The molecule has 0 aliphatic carbocycles. The standard InChI is InChI=1S/C20H18ClF5N4O2/c1-18(19(9-31,6-17(27)30-18)32-10-20(24,25)26)12-4-11(2-3-13(12)22)5-14(23)15-7-29-16(21)8-28-15/h2-5,7-8,31H,6,9-10H2,1H3,(H2,27,30)/b14-5-/t18-,19-/m1/s1. The quantitative estimate of drug-likeness (QED) is 0.614. The molecule has 6 nitrogen and oxygen atoms in total. The molecule has 0 fully saturated rings. The summed E-state index contributed by atoms with van der Waals surface area (Å²) in [4.78, 5) is 11.6. The van der Waals surface area contributed by atoms with Gasteiger partial charge in [-0.2, -0.15) is 13.2 Å². The SMILES string of the molecule is C[C@]1(c2cc(/C=C(\F)c3cnc(Cl)cn3)ccc2F)N=C(N)C[C@]1(CO)OCC(F)(F)F. The molecule has 1 aliphatic heterocycles. The zero-order valence-corrected chi connectivity index (χ0v) is 17.4. The van der Waals surface area contributed by atoms with Crippen molar-refractivity contribution in [3.8, 4) is 0 Å². The van der Waals surface area contributed by atoms with Crippen LogP contribution in [0.2, 0.25) is 5.15 Å². The molecule has 12 heteroatoms. The maximum Gasteiger partial charge on any atom is 0.411 e. The second-order valence-electron chi connectivity index (χ2n) is 7.36. The molecule has 0 saturated heterocycles. The fourth-order valence-corrected chi connectivity index (χ4v) is 3.63. The van der Waals surface area contributed by atoms with Gasteiger partial charge in [0.2, 0.25) is 0 Å². The van der Waals surface area contributed by atoms with Crippen molar-refractivity contribution in [3.05, 3.63) is 58.4 Å². The van der Waals surface area contributed by atoms with Crippen LogP contribution in [0.1, 0.15) is 30.2 Å². The first-order chi connectivity index (χ1) is 14.9. The normalized spacial score (nSPS) is 24.0. The Morgan fingerprint density at radius 3 is 2.62 bits per heavy atom. The summed E-state index contributed by atoms with van der Waals surface area (Å²) < 4.78 is 72.9. The molecule has 0 bridgehead atoms. The van der Waals surface area contributed by atoms with Gasteiger partial charge in [0.15, 0.2) is 5.83 Å². The van der Waals surface area contributed by atoms with Gasteiger partial charge in [0, 0.05) is 12.0 Å². The van der Waals surface area contributed by atoms with Crippen molar-refractivity contribution >= 4 is 29.3 Å². The molecular formula is C20H18ClF5N4O2. The van der Waals surface area contributed by atoms with E-state index >= 15 is 0 Å². The van der Waals surface area contributed by atoms with Gasteiger partial charge >= 0.3 is 6.18 Å². The summed E-state index contributed by atoms with van der Waals surface area (Å²) in [6.07, 6.45) is -1.78. The molecule has 2 aromatic rings. The first-order valence-corrected chi connectivity index (χ1v) is 9.58.